The molecule has 1 amide bonds. The van der Waals surface area contributed by atoms with E-state index >= 15 is 0 Å². The molecule has 0 radical (unpaired) electrons. The number of carbonyl (C=O) groups is 1. The number of hydrogen-bond donors (Lipinski definition) is 1. The Morgan fingerprint density at radius 1 is 1.09 bits per heavy atom. The normalized spacial score (nSPS) is 11.6. The number of ether oxygens (including phenoxy) is 2. The number of benzene rings is 2. The molecule has 2 aromatic rings. The van der Waals surface area contributed by atoms with Gasteiger partial charge in [0.05, 0.1) is 26.7 Å². The summed E-state index contributed by atoms with van der Waals surface area (Å²) in [6, 6.07) is 15.3. The molecule has 2 rings (SSSR count). The summed E-state index contributed by atoms with van der Waals surface area (Å²) in [7, 11) is 3.19. The van der Waals surface area contributed by atoms with E-state index in [-0.39, 0.29) is 18.4 Å². The van der Waals surface area contributed by atoms with E-state index in [9.17, 15) is 4.79 Å². The zero-order chi connectivity index (χ0) is 15.9. The van der Waals surface area contributed by atoms with E-state index in [4.69, 9.17) is 9.47 Å². The lowest BCUT2D eigenvalue weighted by Crippen LogP contribution is -2.28. The zero-order valence-corrected chi connectivity index (χ0v) is 13.1. The van der Waals surface area contributed by atoms with Crippen molar-refractivity contribution < 1.29 is 14.3 Å². The van der Waals surface area contributed by atoms with E-state index in [1.54, 1.807) is 20.3 Å². The van der Waals surface area contributed by atoms with Crippen LogP contribution in [0.15, 0.2) is 48.5 Å². The summed E-state index contributed by atoms with van der Waals surface area (Å²) in [5.41, 5.74) is 1.92. The SMILES string of the molecule is COc1ccc(CC(=O)NC(C)c2ccccc2)c(OC)c1. The molecule has 0 aliphatic carbocycles. The second-order valence-corrected chi connectivity index (χ2v) is 5.05. The van der Waals surface area contributed by atoms with Crippen LogP contribution >= 0.6 is 0 Å². The zero-order valence-electron chi connectivity index (χ0n) is 13.1. The van der Waals surface area contributed by atoms with Crippen molar-refractivity contribution in [3.63, 3.8) is 0 Å². The summed E-state index contributed by atoms with van der Waals surface area (Å²) in [5.74, 6) is 1.32. The fraction of sp³-hybridized carbons (Fsp3) is 0.278. The number of carbonyl (C=O) groups excluding carboxylic acids is 1. The van der Waals surface area contributed by atoms with E-state index in [0.717, 1.165) is 11.1 Å². The Hall–Kier alpha value is -2.49. The maximum atomic E-state index is 12.2. The molecule has 0 spiro atoms. The molecule has 0 saturated heterocycles. The number of rotatable bonds is 6. The Morgan fingerprint density at radius 3 is 2.45 bits per heavy atom. The molecule has 0 aliphatic heterocycles. The van der Waals surface area contributed by atoms with Gasteiger partial charge in [-0.1, -0.05) is 36.4 Å². The van der Waals surface area contributed by atoms with Gasteiger partial charge in [-0.15, -0.1) is 0 Å². The first kappa shape index (κ1) is 15.9. The van der Waals surface area contributed by atoms with Gasteiger partial charge in [0.15, 0.2) is 0 Å². The second kappa shape index (κ2) is 7.50. The maximum Gasteiger partial charge on any atom is 0.225 e. The van der Waals surface area contributed by atoms with Crippen LogP contribution in [0.5, 0.6) is 11.5 Å². The lowest BCUT2D eigenvalue weighted by molar-refractivity contribution is -0.121. The molecule has 1 unspecified atom stereocenters. The Morgan fingerprint density at radius 2 is 1.82 bits per heavy atom. The van der Waals surface area contributed by atoms with Crippen LogP contribution in [0.3, 0.4) is 0 Å². The number of hydrogen-bond acceptors (Lipinski definition) is 3. The summed E-state index contributed by atoms with van der Waals surface area (Å²) in [6.07, 6.45) is 0.268. The summed E-state index contributed by atoms with van der Waals surface area (Å²) in [4.78, 5) is 12.2. The van der Waals surface area contributed by atoms with Crippen LogP contribution in [-0.4, -0.2) is 20.1 Å². The molecule has 0 bridgehead atoms. The van der Waals surface area contributed by atoms with Crippen molar-refractivity contribution in [3.8, 4) is 11.5 Å². The highest BCUT2D eigenvalue weighted by molar-refractivity contribution is 5.79. The van der Waals surface area contributed by atoms with Crippen molar-refractivity contribution >= 4 is 5.91 Å². The molecule has 1 N–H and O–H groups in total. The van der Waals surface area contributed by atoms with Gasteiger partial charge in [-0.3, -0.25) is 4.79 Å². The monoisotopic (exact) mass is 299 g/mol. The second-order valence-electron chi connectivity index (χ2n) is 5.05. The molecular weight excluding hydrogens is 278 g/mol. The van der Waals surface area contributed by atoms with Gasteiger partial charge in [0.1, 0.15) is 11.5 Å². The van der Waals surface area contributed by atoms with Crippen molar-refractivity contribution in [1.29, 1.82) is 0 Å². The van der Waals surface area contributed by atoms with E-state index < -0.39 is 0 Å². The molecule has 4 heteroatoms. The van der Waals surface area contributed by atoms with Gasteiger partial charge in [-0.25, -0.2) is 0 Å². The van der Waals surface area contributed by atoms with Crippen molar-refractivity contribution in [2.24, 2.45) is 0 Å². The minimum absolute atomic E-state index is 0.0297. The average molecular weight is 299 g/mol. The van der Waals surface area contributed by atoms with Crippen molar-refractivity contribution in [3.05, 3.63) is 59.7 Å². The van der Waals surface area contributed by atoms with Crippen LogP contribution < -0.4 is 14.8 Å². The smallest absolute Gasteiger partial charge is 0.225 e. The fourth-order valence-electron chi connectivity index (χ4n) is 2.29. The largest absolute Gasteiger partial charge is 0.497 e. The molecule has 0 aliphatic rings. The van der Waals surface area contributed by atoms with Crippen molar-refractivity contribution in [2.45, 2.75) is 19.4 Å². The summed E-state index contributed by atoms with van der Waals surface area (Å²) < 4.78 is 10.5. The van der Waals surface area contributed by atoms with E-state index in [0.29, 0.717) is 11.5 Å². The lowest BCUT2D eigenvalue weighted by Gasteiger charge is -2.15. The molecule has 116 valence electrons. The summed E-state index contributed by atoms with van der Waals surface area (Å²) in [6.45, 7) is 1.97. The van der Waals surface area contributed by atoms with Crippen LogP contribution in [0.2, 0.25) is 0 Å². The van der Waals surface area contributed by atoms with Gasteiger partial charge >= 0.3 is 0 Å². The molecular formula is C18H21NO3. The van der Waals surface area contributed by atoms with Gasteiger partial charge in [-0.05, 0) is 18.6 Å². The standard InChI is InChI=1S/C18H21NO3/c1-13(14-7-5-4-6-8-14)19-18(20)11-15-9-10-16(21-2)12-17(15)22-3/h4-10,12-13H,11H2,1-3H3,(H,19,20). The topological polar surface area (TPSA) is 47.6 Å². The lowest BCUT2D eigenvalue weighted by atomic mass is 10.1. The molecule has 0 aromatic heterocycles. The highest BCUT2D eigenvalue weighted by Crippen LogP contribution is 2.25. The Labute approximate surface area is 131 Å². The van der Waals surface area contributed by atoms with Crippen LogP contribution in [0, 0.1) is 0 Å². The third kappa shape index (κ3) is 4.01. The first-order valence-electron chi connectivity index (χ1n) is 7.19. The highest BCUT2D eigenvalue weighted by Gasteiger charge is 2.13. The molecule has 0 saturated carbocycles. The molecule has 0 fully saturated rings. The van der Waals surface area contributed by atoms with Gasteiger partial charge < -0.3 is 14.8 Å². The van der Waals surface area contributed by atoms with E-state index in [1.807, 2.05) is 49.4 Å². The van der Waals surface area contributed by atoms with Crippen LogP contribution in [0.1, 0.15) is 24.1 Å². The Balaban J connectivity index is 2.03. The van der Waals surface area contributed by atoms with E-state index in [1.165, 1.54) is 0 Å². The van der Waals surface area contributed by atoms with E-state index in [2.05, 4.69) is 5.32 Å². The molecule has 2 aromatic carbocycles. The fourth-order valence-corrected chi connectivity index (χ4v) is 2.29. The van der Waals surface area contributed by atoms with Gasteiger partial charge in [0.25, 0.3) is 0 Å². The molecule has 0 heterocycles. The first-order chi connectivity index (χ1) is 10.6. The predicted molar refractivity (Wildman–Crippen MR) is 86.2 cm³/mol. The molecule has 1 atom stereocenters. The third-order valence-electron chi connectivity index (χ3n) is 3.52. The third-order valence-corrected chi connectivity index (χ3v) is 3.52. The number of methoxy groups -OCH3 is 2. The minimum atomic E-state index is -0.0418. The average Bonchev–Trinajstić information content (AvgIpc) is 2.55. The van der Waals surface area contributed by atoms with Gasteiger partial charge in [0.2, 0.25) is 5.91 Å². The maximum absolute atomic E-state index is 12.2. The Kier molecular flexibility index (Phi) is 5.42. The quantitative estimate of drug-likeness (QED) is 0.891. The van der Waals surface area contributed by atoms with Crippen LogP contribution in [0.25, 0.3) is 0 Å². The summed E-state index contributed by atoms with van der Waals surface area (Å²) in [5, 5.41) is 3.00. The number of amides is 1. The Bertz CT molecular complexity index is 625. The van der Waals surface area contributed by atoms with Crippen LogP contribution in [0.4, 0.5) is 0 Å². The van der Waals surface area contributed by atoms with Gasteiger partial charge in [-0.2, -0.15) is 0 Å². The highest BCUT2D eigenvalue weighted by atomic mass is 16.5. The number of nitrogens with one attached hydrogen (secondary N) is 1. The van der Waals surface area contributed by atoms with Crippen LogP contribution in [-0.2, 0) is 11.2 Å². The van der Waals surface area contributed by atoms with Crippen molar-refractivity contribution in [1.82, 2.24) is 5.32 Å². The summed E-state index contributed by atoms with van der Waals surface area (Å²) >= 11 is 0. The first-order valence-corrected chi connectivity index (χ1v) is 7.19. The van der Waals surface area contributed by atoms with Gasteiger partial charge in [0, 0.05) is 11.6 Å². The molecule has 4 nitrogen and oxygen atoms in total. The minimum Gasteiger partial charge on any atom is -0.497 e. The predicted octanol–water partition coefficient (Wildman–Crippen LogP) is 3.12. The van der Waals surface area contributed by atoms with Crippen molar-refractivity contribution in [2.75, 3.05) is 14.2 Å². The molecule has 22 heavy (non-hydrogen) atoms.